The van der Waals surface area contributed by atoms with Crippen molar-refractivity contribution in [2.45, 2.75) is 19.0 Å². The quantitative estimate of drug-likeness (QED) is 0.552. The summed E-state index contributed by atoms with van der Waals surface area (Å²) >= 11 is 1.33. The first-order valence-corrected chi connectivity index (χ1v) is 13.5. The molecule has 2 aromatic heterocycles. The van der Waals surface area contributed by atoms with Crippen LogP contribution < -0.4 is 5.56 Å². The van der Waals surface area contributed by atoms with E-state index >= 15 is 0 Å². The zero-order valence-corrected chi connectivity index (χ0v) is 19.4. The van der Waals surface area contributed by atoms with Crippen molar-refractivity contribution in [1.29, 1.82) is 0 Å². The molecule has 3 aromatic rings. The molecule has 2 fully saturated rings. The van der Waals surface area contributed by atoms with Crippen LogP contribution in [-0.2, 0) is 21.2 Å². The Labute approximate surface area is 194 Å². The average molecular weight is 491 g/mol. The molecule has 1 atom stereocenters. The predicted molar refractivity (Wildman–Crippen MR) is 124 cm³/mol. The average Bonchev–Trinajstić information content (AvgIpc) is 3.40. The lowest BCUT2D eigenvalue weighted by atomic mass is 10.1. The second-order valence-corrected chi connectivity index (χ2v) is 11.6. The number of hydrogen-bond donors (Lipinski definition) is 0. The number of aromatic nitrogens is 2. The number of amides is 1. The van der Waals surface area contributed by atoms with E-state index in [1.165, 1.54) is 34.4 Å². The monoisotopic (exact) mass is 490 g/mol. The van der Waals surface area contributed by atoms with Gasteiger partial charge in [-0.25, -0.2) is 17.8 Å². The van der Waals surface area contributed by atoms with Crippen LogP contribution >= 0.6 is 11.3 Å². The van der Waals surface area contributed by atoms with Crippen LogP contribution in [-0.4, -0.2) is 77.4 Å². The Morgan fingerprint density at radius 2 is 1.88 bits per heavy atom. The summed E-state index contributed by atoms with van der Waals surface area (Å²) in [7, 11) is -2.94. The lowest BCUT2D eigenvalue weighted by Gasteiger charge is -2.37. The number of benzene rings is 1. The van der Waals surface area contributed by atoms with Crippen molar-refractivity contribution in [1.82, 2.24) is 19.4 Å². The molecule has 33 heavy (non-hydrogen) atoms. The Balaban J connectivity index is 1.30. The summed E-state index contributed by atoms with van der Waals surface area (Å²) in [5, 5.41) is 2.25. The van der Waals surface area contributed by atoms with Crippen molar-refractivity contribution in [2.24, 2.45) is 0 Å². The molecule has 0 saturated carbocycles. The molecule has 5 rings (SSSR count). The maximum Gasteiger partial charge on any atom is 0.263 e. The molecule has 174 valence electrons. The first-order valence-electron chi connectivity index (χ1n) is 10.8. The molecule has 2 aliphatic heterocycles. The number of halogens is 1. The summed E-state index contributed by atoms with van der Waals surface area (Å²) in [6.45, 7) is 2.13. The summed E-state index contributed by atoms with van der Waals surface area (Å²) in [5.74, 6) is -0.0962. The topological polar surface area (TPSA) is 92.6 Å². The van der Waals surface area contributed by atoms with Crippen molar-refractivity contribution in [2.75, 3.05) is 37.7 Å². The number of fused-ring (bicyclic) bond motifs is 1. The van der Waals surface area contributed by atoms with Crippen LogP contribution in [0.5, 0.6) is 0 Å². The number of nitrogens with zero attached hydrogens (tertiary/aromatic N) is 4. The van der Waals surface area contributed by atoms with Gasteiger partial charge in [-0.3, -0.25) is 19.1 Å². The van der Waals surface area contributed by atoms with Gasteiger partial charge in [0.1, 0.15) is 17.2 Å². The summed E-state index contributed by atoms with van der Waals surface area (Å²) in [5.41, 5.74) is 1.09. The zero-order valence-electron chi connectivity index (χ0n) is 17.8. The fourth-order valence-electron chi connectivity index (χ4n) is 4.57. The highest BCUT2D eigenvalue weighted by Crippen LogP contribution is 2.30. The van der Waals surface area contributed by atoms with E-state index in [1.54, 1.807) is 17.0 Å². The van der Waals surface area contributed by atoms with Crippen molar-refractivity contribution in [3.63, 3.8) is 0 Å². The van der Waals surface area contributed by atoms with E-state index in [4.69, 9.17) is 0 Å². The van der Waals surface area contributed by atoms with E-state index in [0.717, 1.165) is 5.56 Å². The molecule has 0 N–H and O–H groups in total. The maximum atomic E-state index is 13.3. The Kier molecular flexibility index (Phi) is 5.79. The van der Waals surface area contributed by atoms with E-state index in [0.29, 0.717) is 48.4 Å². The zero-order chi connectivity index (χ0) is 23.2. The van der Waals surface area contributed by atoms with Gasteiger partial charge in [0.05, 0.1) is 23.2 Å². The number of hydrogen-bond acceptors (Lipinski definition) is 7. The highest BCUT2D eigenvalue weighted by molar-refractivity contribution is 7.91. The van der Waals surface area contributed by atoms with Crippen LogP contribution in [0.2, 0.25) is 0 Å². The summed E-state index contributed by atoms with van der Waals surface area (Å²) in [6.07, 6.45) is 2.04. The normalized spacial score (nSPS) is 21.0. The van der Waals surface area contributed by atoms with Gasteiger partial charge in [0.15, 0.2) is 9.84 Å². The molecule has 1 amide bonds. The number of piperazine rings is 1. The van der Waals surface area contributed by atoms with E-state index in [-0.39, 0.29) is 41.4 Å². The van der Waals surface area contributed by atoms with Gasteiger partial charge in [-0.05, 0) is 24.1 Å². The van der Waals surface area contributed by atoms with Crippen molar-refractivity contribution < 1.29 is 17.6 Å². The Morgan fingerprint density at radius 3 is 2.55 bits per heavy atom. The van der Waals surface area contributed by atoms with Gasteiger partial charge in [-0.15, -0.1) is 11.3 Å². The number of thiophene rings is 1. The molecule has 0 radical (unpaired) electrons. The molecule has 0 unspecified atom stereocenters. The molecular weight excluding hydrogens is 467 g/mol. The highest BCUT2D eigenvalue weighted by atomic mass is 32.2. The summed E-state index contributed by atoms with van der Waals surface area (Å²) in [6, 6.07) is 5.96. The molecule has 11 heteroatoms. The first kappa shape index (κ1) is 22.2. The Bertz CT molecular complexity index is 1360. The van der Waals surface area contributed by atoms with Gasteiger partial charge in [-0.2, -0.15) is 0 Å². The minimum Gasteiger partial charge on any atom is -0.339 e. The lowest BCUT2D eigenvalue weighted by Crippen LogP contribution is -2.53. The van der Waals surface area contributed by atoms with Crippen LogP contribution in [0.25, 0.3) is 21.3 Å². The molecule has 2 saturated heterocycles. The molecule has 0 aliphatic carbocycles. The lowest BCUT2D eigenvalue weighted by molar-refractivity contribution is -0.133. The third-order valence-electron chi connectivity index (χ3n) is 6.41. The van der Waals surface area contributed by atoms with Gasteiger partial charge < -0.3 is 4.90 Å². The van der Waals surface area contributed by atoms with Crippen molar-refractivity contribution in [3.05, 3.63) is 52.1 Å². The second-order valence-electron chi connectivity index (χ2n) is 8.49. The third kappa shape index (κ3) is 4.44. The van der Waals surface area contributed by atoms with Crippen LogP contribution in [0.3, 0.4) is 0 Å². The van der Waals surface area contributed by atoms with E-state index in [2.05, 4.69) is 9.88 Å². The minimum absolute atomic E-state index is 0.0324. The minimum atomic E-state index is -2.94. The number of rotatable bonds is 4. The fraction of sp³-hybridized carbons (Fsp3) is 0.409. The standard InChI is InChI=1S/C22H23FN4O4S2/c23-16-3-1-15(2-4-16)18-12-32-21-20(18)22(29)27(14-24-21)11-19(28)26-8-6-25(7-9-26)17-5-10-33(30,31)13-17/h1-4,12,14,17H,5-11,13H2/t17-/m1/s1. The predicted octanol–water partition coefficient (Wildman–Crippen LogP) is 1.60. The highest BCUT2D eigenvalue weighted by Gasteiger charge is 2.34. The van der Waals surface area contributed by atoms with Gasteiger partial charge >= 0.3 is 0 Å². The first-order chi connectivity index (χ1) is 15.8. The SMILES string of the molecule is O=C(Cn1cnc2scc(-c3ccc(F)cc3)c2c1=O)N1CCN([C@@H]2CCS(=O)(=O)C2)CC1. The molecule has 2 aliphatic rings. The largest absolute Gasteiger partial charge is 0.339 e. The van der Waals surface area contributed by atoms with Gasteiger partial charge in [0, 0.05) is 43.2 Å². The molecule has 0 spiro atoms. The molecule has 1 aromatic carbocycles. The number of carbonyl (C=O) groups excluding carboxylic acids is 1. The van der Waals surface area contributed by atoms with Gasteiger partial charge in [0.25, 0.3) is 5.56 Å². The van der Waals surface area contributed by atoms with Crippen molar-refractivity contribution in [3.8, 4) is 11.1 Å². The number of carbonyl (C=O) groups is 1. The summed E-state index contributed by atoms with van der Waals surface area (Å²) < 4.78 is 38.1. The fourth-order valence-corrected chi connectivity index (χ4v) is 7.24. The van der Waals surface area contributed by atoms with E-state index in [1.807, 2.05) is 5.38 Å². The second kappa shape index (κ2) is 8.62. The molecule has 4 heterocycles. The number of sulfone groups is 1. The van der Waals surface area contributed by atoms with Crippen LogP contribution in [0.1, 0.15) is 6.42 Å². The Hall–Kier alpha value is -2.63. The van der Waals surface area contributed by atoms with Crippen LogP contribution in [0.4, 0.5) is 4.39 Å². The molecular formula is C22H23FN4O4S2. The molecule has 8 nitrogen and oxygen atoms in total. The molecule has 0 bridgehead atoms. The maximum absolute atomic E-state index is 13.3. The van der Waals surface area contributed by atoms with Crippen molar-refractivity contribution >= 4 is 37.3 Å². The smallest absolute Gasteiger partial charge is 0.263 e. The third-order valence-corrected chi connectivity index (χ3v) is 9.05. The van der Waals surface area contributed by atoms with Gasteiger partial charge in [-0.1, -0.05) is 12.1 Å². The Morgan fingerprint density at radius 1 is 1.15 bits per heavy atom. The summed E-state index contributed by atoms with van der Waals surface area (Å²) in [4.78, 5) is 34.9. The van der Waals surface area contributed by atoms with Crippen LogP contribution in [0, 0.1) is 5.82 Å². The van der Waals surface area contributed by atoms with Gasteiger partial charge in [0.2, 0.25) is 5.91 Å². The van der Waals surface area contributed by atoms with E-state index in [9.17, 15) is 22.4 Å². The van der Waals surface area contributed by atoms with Crippen LogP contribution in [0.15, 0.2) is 40.8 Å². The van der Waals surface area contributed by atoms with E-state index < -0.39 is 9.84 Å².